The van der Waals surface area contributed by atoms with Crippen molar-refractivity contribution in [3.63, 3.8) is 0 Å². The molecule has 88 valence electrons. The number of hydrogen-bond acceptors (Lipinski definition) is 0. The van der Waals surface area contributed by atoms with Gasteiger partial charge in [0.1, 0.15) is 0 Å². The summed E-state index contributed by atoms with van der Waals surface area (Å²) in [6.07, 6.45) is 12.2. The fraction of sp³-hybridized carbons (Fsp3) is 1.00. The van der Waals surface area contributed by atoms with Gasteiger partial charge in [0.25, 0.3) is 0 Å². The third-order valence-corrected chi connectivity index (χ3v) is 6.09. The Hall–Kier alpha value is 0.730. The lowest BCUT2D eigenvalue weighted by atomic mass is 9.84. The maximum Gasteiger partial charge on any atom is 0.00238 e. The van der Waals surface area contributed by atoms with E-state index in [0.717, 1.165) is 23.7 Å². The van der Waals surface area contributed by atoms with Crippen molar-refractivity contribution in [1.29, 1.82) is 0 Å². The topological polar surface area (TPSA) is 0 Å². The van der Waals surface area contributed by atoms with Gasteiger partial charge < -0.3 is 0 Å². The zero-order valence-corrected chi connectivity index (χ0v) is 12.2. The van der Waals surface area contributed by atoms with Gasteiger partial charge in [-0.2, -0.15) is 0 Å². The van der Waals surface area contributed by atoms with E-state index in [1.165, 1.54) is 30.1 Å². The highest BCUT2D eigenvalue weighted by Gasteiger charge is 2.31. The molecule has 15 heavy (non-hydrogen) atoms. The summed E-state index contributed by atoms with van der Waals surface area (Å²) in [4.78, 5) is 0. The van der Waals surface area contributed by atoms with E-state index in [9.17, 15) is 0 Å². The van der Waals surface area contributed by atoms with Crippen molar-refractivity contribution in [2.24, 2.45) is 23.7 Å². The van der Waals surface area contributed by atoms with Gasteiger partial charge in [0.15, 0.2) is 0 Å². The van der Waals surface area contributed by atoms with Gasteiger partial charge in [-0.05, 0) is 42.9 Å². The summed E-state index contributed by atoms with van der Waals surface area (Å²) in [5.74, 6) is 4.36. The molecule has 0 aromatic carbocycles. The molecule has 0 saturated heterocycles. The lowest BCUT2D eigenvalue weighted by molar-refractivity contribution is 0.295. The molecule has 0 aromatic heterocycles. The van der Waals surface area contributed by atoms with E-state index >= 15 is 0 Å². The third-order valence-electron chi connectivity index (χ3n) is 4.85. The first kappa shape index (κ1) is 12.2. The molecule has 2 saturated carbocycles. The van der Waals surface area contributed by atoms with Crippen molar-refractivity contribution in [3.8, 4) is 0 Å². The fourth-order valence-electron chi connectivity index (χ4n) is 3.92. The second kappa shape index (κ2) is 5.88. The summed E-state index contributed by atoms with van der Waals surface area (Å²) in [7, 11) is 0. The van der Waals surface area contributed by atoms with E-state index in [4.69, 9.17) is 0 Å². The van der Waals surface area contributed by atoms with Gasteiger partial charge in [-0.25, -0.2) is 0 Å². The Bertz CT molecular complexity index is 190. The predicted octanol–water partition coefficient (Wildman–Crippen LogP) is 5.05. The normalized spacial score (nSPS) is 41.2. The Labute approximate surface area is 109 Å². The molecule has 2 aliphatic carbocycles. The Morgan fingerprint density at radius 1 is 1.00 bits per heavy atom. The van der Waals surface area contributed by atoms with E-state index in [-0.39, 0.29) is 0 Å². The van der Waals surface area contributed by atoms with E-state index in [2.05, 4.69) is 29.5 Å². The minimum atomic E-state index is 1.07. The first-order valence-electron chi connectivity index (χ1n) is 6.89. The largest absolute Gasteiger partial charge is 0.0861 e. The molecule has 2 rings (SSSR count). The molecule has 0 spiro atoms. The molecule has 4 atom stereocenters. The van der Waals surface area contributed by atoms with Crippen LogP contribution in [0.5, 0.6) is 0 Å². The van der Waals surface area contributed by atoms with E-state index in [1.807, 2.05) is 0 Å². The van der Waals surface area contributed by atoms with Crippen molar-refractivity contribution in [2.45, 2.75) is 58.3 Å². The minimum absolute atomic E-state index is 1.07. The summed E-state index contributed by atoms with van der Waals surface area (Å²) in [5.41, 5.74) is 0. The highest BCUT2D eigenvalue weighted by molar-refractivity contribution is 14.1. The van der Waals surface area contributed by atoms with Crippen LogP contribution in [0.15, 0.2) is 0 Å². The van der Waals surface area contributed by atoms with Crippen LogP contribution in [-0.4, -0.2) is 4.43 Å². The van der Waals surface area contributed by atoms with Crippen molar-refractivity contribution in [2.75, 3.05) is 4.43 Å². The lowest BCUT2D eigenvalue weighted by Crippen LogP contribution is -2.11. The summed E-state index contributed by atoms with van der Waals surface area (Å²) >= 11 is 2.58. The fourth-order valence-corrected chi connectivity index (χ4v) is 4.72. The summed E-state index contributed by atoms with van der Waals surface area (Å²) in [5, 5.41) is 0. The third kappa shape index (κ3) is 3.10. The van der Waals surface area contributed by atoms with Crippen LogP contribution in [0.3, 0.4) is 0 Å². The van der Waals surface area contributed by atoms with Gasteiger partial charge in [-0.15, -0.1) is 0 Å². The van der Waals surface area contributed by atoms with Crippen molar-refractivity contribution < 1.29 is 0 Å². The van der Waals surface area contributed by atoms with Gasteiger partial charge in [0.2, 0.25) is 0 Å². The molecule has 4 unspecified atom stereocenters. The average molecular weight is 320 g/mol. The summed E-state index contributed by atoms with van der Waals surface area (Å²) < 4.78 is 1.40. The zero-order valence-electron chi connectivity index (χ0n) is 10.1. The molecule has 0 nitrogen and oxygen atoms in total. The van der Waals surface area contributed by atoms with Crippen LogP contribution < -0.4 is 0 Å². The molecule has 0 radical (unpaired) electrons. The average Bonchev–Trinajstić information content (AvgIpc) is 2.87. The van der Waals surface area contributed by atoms with Crippen LogP contribution in [0.2, 0.25) is 0 Å². The maximum atomic E-state index is 2.58. The molecule has 2 aliphatic rings. The van der Waals surface area contributed by atoms with Gasteiger partial charge in [-0.3, -0.25) is 0 Å². The molecular weight excluding hydrogens is 295 g/mol. The Morgan fingerprint density at radius 3 is 2.40 bits per heavy atom. The van der Waals surface area contributed by atoms with Gasteiger partial charge in [0, 0.05) is 4.43 Å². The molecular formula is C14H25I. The molecule has 0 heterocycles. The predicted molar refractivity (Wildman–Crippen MR) is 75.5 cm³/mol. The SMILES string of the molecule is CCC1CCCC1CC1CCC(CI)C1. The highest BCUT2D eigenvalue weighted by Crippen LogP contribution is 2.43. The molecule has 0 N–H and O–H groups in total. The first-order chi connectivity index (χ1) is 7.33. The molecule has 0 aromatic rings. The summed E-state index contributed by atoms with van der Waals surface area (Å²) in [6.45, 7) is 2.39. The number of hydrogen-bond donors (Lipinski definition) is 0. The van der Waals surface area contributed by atoms with Crippen LogP contribution in [-0.2, 0) is 0 Å². The van der Waals surface area contributed by atoms with E-state index in [1.54, 1.807) is 25.7 Å². The summed E-state index contributed by atoms with van der Waals surface area (Å²) in [6, 6.07) is 0. The number of rotatable bonds is 4. The van der Waals surface area contributed by atoms with Gasteiger partial charge in [0.05, 0.1) is 0 Å². The molecule has 0 bridgehead atoms. The minimum Gasteiger partial charge on any atom is -0.0861 e. The smallest absolute Gasteiger partial charge is 0.00238 e. The molecule has 2 fully saturated rings. The van der Waals surface area contributed by atoms with Crippen molar-refractivity contribution in [1.82, 2.24) is 0 Å². The van der Waals surface area contributed by atoms with Crippen molar-refractivity contribution >= 4 is 22.6 Å². The monoisotopic (exact) mass is 320 g/mol. The second-order valence-electron chi connectivity index (χ2n) is 5.79. The van der Waals surface area contributed by atoms with Crippen LogP contribution in [0.25, 0.3) is 0 Å². The highest BCUT2D eigenvalue weighted by atomic mass is 127. The number of halogens is 1. The van der Waals surface area contributed by atoms with E-state index < -0.39 is 0 Å². The Balaban J connectivity index is 1.77. The quantitative estimate of drug-likeness (QED) is 0.502. The zero-order chi connectivity index (χ0) is 10.7. The van der Waals surface area contributed by atoms with Crippen LogP contribution in [0, 0.1) is 23.7 Å². The number of alkyl halides is 1. The van der Waals surface area contributed by atoms with E-state index in [0.29, 0.717) is 0 Å². The second-order valence-corrected chi connectivity index (χ2v) is 6.68. The maximum absolute atomic E-state index is 2.58. The standard InChI is InChI=1S/C14H25I/c1-2-13-4-3-5-14(13)9-11-6-7-12(8-11)10-15/h11-14H,2-10H2,1H3. The molecule has 1 heteroatoms. The Kier molecular flexibility index (Phi) is 4.78. The van der Waals surface area contributed by atoms with Crippen LogP contribution in [0.1, 0.15) is 58.3 Å². The van der Waals surface area contributed by atoms with Crippen LogP contribution >= 0.6 is 22.6 Å². The van der Waals surface area contributed by atoms with Gasteiger partial charge >= 0.3 is 0 Å². The molecule has 0 aliphatic heterocycles. The lowest BCUT2D eigenvalue weighted by Gasteiger charge is -2.21. The Morgan fingerprint density at radius 2 is 1.73 bits per heavy atom. The molecule has 0 amide bonds. The first-order valence-corrected chi connectivity index (χ1v) is 8.42. The van der Waals surface area contributed by atoms with Crippen LogP contribution in [0.4, 0.5) is 0 Å². The van der Waals surface area contributed by atoms with Gasteiger partial charge in [-0.1, -0.05) is 61.6 Å². The van der Waals surface area contributed by atoms with Crippen molar-refractivity contribution in [3.05, 3.63) is 0 Å².